The molecule has 0 saturated carbocycles. The first-order valence-electron chi connectivity index (χ1n) is 19.2. The van der Waals surface area contributed by atoms with Gasteiger partial charge in [0, 0.05) is 33.5 Å². The minimum absolute atomic E-state index is 0.668. The number of hydrogen-bond donors (Lipinski definition) is 0. The number of nitrogens with zero attached hydrogens (tertiary/aromatic N) is 4. The van der Waals surface area contributed by atoms with Crippen LogP contribution in [-0.4, -0.2) is 21.5 Å². The molecule has 274 valence electrons. The predicted molar refractivity (Wildman–Crippen MR) is 239 cm³/mol. The summed E-state index contributed by atoms with van der Waals surface area (Å²) in [6, 6.07) is 68.9. The highest BCUT2D eigenvalue weighted by molar-refractivity contribution is 6.12. The van der Waals surface area contributed by atoms with Gasteiger partial charge in [0.1, 0.15) is 0 Å². The molecule has 0 atom stereocenters. The van der Waals surface area contributed by atoms with E-state index in [9.17, 15) is 0 Å². The Morgan fingerprint density at radius 1 is 0.351 bits per heavy atom. The van der Waals surface area contributed by atoms with Crippen LogP contribution in [0.25, 0.3) is 61.9 Å². The van der Waals surface area contributed by atoms with Crippen LogP contribution < -0.4 is 0 Å². The van der Waals surface area contributed by atoms with Gasteiger partial charge in [-0.15, -0.1) is 0 Å². The molecule has 0 unspecified atom stereocenters. The number of rotatable bonds is 9. The quantitative estimate of drug-likeness (QED) is 0.109. The second-order valence-electron chi connectivity index (χ2n) is 14.1. The highest BCUT2D eigenvalue weighted by atomic mass is 14.9. The largest absolute Gasteiger partial charge is 0.233 e. The van der Waals surface area contributed by atoms with Gasteiger partial charge in [-0.2, -0.15) is 0 Å². The van der Waals surface area contributed by atoms with Crippen molar-refractivity contribution < 1.29 is 0 Å². The number of amidine groups is 1. The molecule has 7 aromatic carbocycles. The van der Waals surface area contributed by atoms with Crippen molar-refractivity contribution in [1.82, 2.24) is 9.97 Å². The van der Waals surface area contributed by atoms with Gasteiger partial charge < -0.3 is 0 Å². The topological polar surface area (TPSA) is 50.5 Å². The van der Waals surface area contributed by atoms with E-state index >= 15 is 0 Å². The minimum atomic E-state index is 0.668. The molecule has 4 heteroatoms. The van der Waals surface area contributed by atoms with Crippen LogP contribution in [0.5, 0.6) is 0 Å². The molecule has 0 saturated heterocycles. The molecular formula is C53H42N4. The van der Waals surface area contributed by atoms with Crippen LogP contribution >= 0.6 is 0 Å². The Morgan fingerprint density at radius 2 is 0.789 bits per heavy atom. The van der Waals surface area contributed by atoms with Gasteiger partial charge in [0.25, 0.3) is 0 Å². The van der Waals surface area contributed by atoms with Gasteiger partial charge in [-0.25, -0.2) is 20.0 Å². The lowest BCUT2D eigenvalue weighted by Crippen LogP contribution is -2.04. The molecule has 0 aliphatic carbocycles. The molecule has 1 aromatic heterocycles. The zero-order valence-electron chi connectivity index (χ0n) is 32.3. The maximum Gasteiger partial charge on any atom is 0.160 e. The van der Waals surface area contributed by atoms with Crippen molar-refractivity contribution in [3.63, 3.8) is 0 Å². The van der Waals surface area contributed by atoms with E-state index in [4.69, 9.17) is 20.0 Å². The molecular weight excluding hydrogens is 693 g/mol. The standard InChI is InChI=1S/C53H42N4/c1-37(2)51(57-52(42-25-14-7-15-26-42)54-38(3)39-19-8-4-9-20-39)47-31-17-28-44(34-47)45-29-18-32-48(35-45)53-55-49(41-23-12-6-13-24-41)36-50(56-53)46-30-16-27-43(33-46)40-21-10-5-11-22-40/h4-36H,1-3H3/b54-38+,57-52-. The summed E-state index contributed by atoms with van der Waals surface area (Å²) in [7, 11) is 0. The summed E-state index contributed by atoms with van der Waals surface area (Å²) in [5.41, 5.74) is 15.1. The van der Waals surface area contributed by atoms with Crippen LogP contribution in [0.3, 0.4) is 0 Å². The van der Waals surface area contributed by atoms with E-state index in [0.29, 0.717) is 11.7 Å². The zero-order valence-corrected chi connectivity index (χ0v) is 32.3. The monoisotopic (exact) mass is 734 g/mol. The Bertz CT molecular complexity index is 2730. The highest BCUT2D eigenvalue weighted by Crippen LogP contribution is 2.33. The Hall–Kier alpha value is -7.30. The summed E-state index contributed by atoms with van der Waals surface area (Å²) in [5.74, 6) is 1.34. The van der Waals surface area contributed by atoms with Crippen LogP contribution in [0.4, 0.5) is 0 Å². The lowest BCUT2D eigenvalue weighted by Gasteiger charge is -2.13. The van der Waals surface area contributed by atoms with Crippen LogP contribution in [0.15, 0.2) is 216 Å². The molecule has 0 aliphatic rings. The van der Waals surface area contributed by atoms with Crippen LogP contribution in [0, 0.1) is 0 Å². The molecule has 1 heterocycles. The van der Waals surface area contributed by atoms with E-state index < -0.39 is 0 Å². The van der Waals surface area contributed by atoms with E-state index in [1.807, 2.05) is 67.6 Å². The van der Waals surface area contributed by atoms with Crippen molar-refractivity contribution in [3.8, 4) is 56.2 Å². The molecule has 4 nitrogen and oxygen atoms in total. The lowest BCUT2D eigenvalue weighted by atomic mass is 9.98. The van der Waals surface area contributed by atoms with E-state index in [1.165, 1.54) is 5.56 Å². The van der Waals surface area contributed by atoms with Gasteiger partial charge in [-0.1, -0.05) is 181 Å². The van der Waals surface area contributed by atoms with E-state index in [1.54, 1.807) is 0 Å². The molecule has 8 aromatic rings. The maximum absolute atomic E-state index is 5.27. The average molecular weight is 735 g/mol. The second-order valence-corrected chi connectivity index (χ2v) is 14.1. The Balaban J connectivity index is 1.18. The Morgan fingerprint density at radius 3 is 1.42 bits per heavy atom. The molecule has 0 radical (unpaired) electrons. The normalized spacial score (nSPS) is 11.6. The first-order chi connectivity index (χ1) is 28.0. The maximum atomic E-state index is 5.27. The van der Waals surface area contributed by atoms with Crippen molar-refractivity contribution in [2.45, 2.75) is 20.8 Å². The Labute approximate surface area is 335 Å². The van der Waals surface area contributed by atoms with E-state index in [-0.39, 0.29) is 0 Å². The fourth-order valence-corrected chi connectivity index (χ4v) is 6.87. The Kier molecular flexibility index (Phi) is 10.9. The number of aliphatic imine (C=N–C) groups is 2. The van der Waals surface area contributed by atoms with Crippen molar-refractivity contribution in [1.29, 1.82) is 0 Å². The van der Waals surface area contributed by atoms with E-state index in [2.05, 4.69) is 153 Å². The van der Waals surface area contributed by atoms with Crippen LogP contribution in [-0.2, 0) is 0 Å². The molecule has 0 aliphatic heterocycles. The minimum Gasteiger partial charge on any atom is -0.233 e. The van der Waals surface area contributed by atoms with Crippen LogP contribution in [0.1, 0.15) is 37.5 Å². The smallest absolute Gasteiger partial charge is 0.160 e. The van der Waals surface area contributed by atoms with Crippen LogP contribution in [0.2, 0.25) is 0 Å². The summed E-state index contributed by atoms with van der Waals surface area (Å²) in [4.78, 5) is 20.7. The summed E-state index contributed by atoms with van der Waals surface area (Å²) < 4.78 is 0. The summed E-state index contributed by atoms with van der Waals surface area (Å²) in [5, 5.41) is 0. The van der Waals surface area contributed by atoms with Gasteiger partial charge in [0.15, 0.2) is 11.7 Å². The fourth-order valence-electron chi connectivity index (χ4n) is 6.87. The third-order valence-corrected chi connectivity index (χ3v) is 9.84. The predicted octanol–water partition coefficient (Wildman–Crippen LogP) is 13.5. The molecule has 0 spiro atoms. The molecule has 0 bridgehead atoms. The zero-order chi connectivity index (χ0) is 39.0. The van der Waals surface area contributed by atoms with Gasteiger partial charge in [0.05, 0.1) is 17.1 Å². The summed E-state index contributed by atoms with van der Waals surface area (Å²) in [6.07, 6.45) is 0. The third kappa shape index (κ3) is 8.67. The number of aromatic nitrogens is 2. The first-order valence-corrected chi connectivity index (χ1v) is 19.2. The molecule has 0 amide bonds. The first kappa shape index (κ1) is 36.7. The average Bonchev–Trinajstić information content (AvgIpc) is 3.28. The SMILES string of the molecule is CC(C)=C(/N=C(\N=C(/C)c1ccccc1)c1ccccc1)c1cccc(-c2cccc(-c3nc(-c4ccccc4)cc(-c4cccc(-c5ccccc5)c4)n3)c2)c1. The fraction of sp³-hybridized carbons (Fsp3) is 0.0566. The summed E-state index contributed by atoms with van der Waals surface area (Å²) >= 11 is 0. The van der Waals surface area contributed by atoms with Gasteiger partial charge in [-0.3, -0.25) is 0 Å². The molecule has 8 rings (SSSR count). The molecule has 0 N–H and O–H groups in total. The molecule has 57 heavy (non-hydrogen) atoms. The van der Waals surface area contributed by atoms with Gasteiger partial charge in [-0.05, 0) is 72.9 Å². The number of benzene rings is 7. The van der Waals surface area contributed by atoms with E-state index in [0.717, 1.165) is 78.4 Å². The van der Waals surface area contributed by atoms with Gasteiger partial charge >= 0.3 is 0 Å². The number of allylic oxidation sites excluding steroid dienone is 1. The molecule has 0 fully saturated rings. The van der Waals surface area contributed by atoms with Crippen molar-refractivity contribution in [2.75, 3.05) is 0 Å². The third-order valence-electron chi connectivity index (χ3n) is 9.84. The van der Waals surface area contributed by atoms with Gasteiger partial charge in [0.2, 0.25) is 0 Å². The highest BCUT2D eigenvalue weighted by Gasteiger charge is 2.14. The van der Waals surface area contributed by atoms with Crippen molar-refractivity contribution in [3.05, 3.63) is 222 Å². The van der Waals surface area contributed by atoms with Crippen molar-refractivity contribution >= 4 is 17.2 Å². The summed E-state index contributed by atoms with van der Waals surface area (Å²) in [6.45, 7) is 6.24. The number of hydrogen-bond acceptors (Lipinski definition) is 3. The second kappa shape index (κ2) is 17.0. The van der Waals surface area contributed by atoms with Crippen molar-refractivity contribution in [2.24, 2.45) is 9.98 Å². The lowest BCUT2D eigenvalue weighted by molar-refractivity contribution is 1.18.